The highest BCUT2D eigenvalue weighted by atomic mass is 32.2. The molecule has 0 atom stereocenters. The first-order chi connectivity index (χ1) is 6.72. The Morgan fingerprint density at radius 3 is 3.00 bits per heavy atom. The summed E-state index contributed by atoms with van der Waals surface area (Å²) in [7, 11) is 0. The van der Waals surface area contributed by atoms with Crippen LogP contribution in [-0.4, -0.2) is 17.1 Å². The molecular formula is C10H12FNS2. The van der Waals surface area contributed by atoms with Crippen molar-refractivity contribution in [3.8, 4) is 0 Å². The van der Waals surface area contributed by atoms with Crippen LogP contribution in [0.3, 0.4) is 0 Å². The van der Waals surface area contributed by atoms with Crippen LogP contribution in [-0.2, 0) is 6.42 Å². The largest absolute Gasteiger partial charge is 0.371 e. The van der Waals surface area contributed by atoms with Crippen LogP contribution in [0, 0.1) is 5.82 Å². The number of hydrogen-bond donors (Lipinski definition) is 1. The fourth-order valence-corrected chi connectivity index (χ4v) is 1.42. The van der Waals surface area contributed by atoms with Crippen molar-refractivity contribution in [3.63, 3.8) is 0 Å². The highest BCUT2D eigenvalue weighted by Crippen LogP contribution is 2.03. The lowest BCUT2D eigenvalue weighted by molar-refractivity contribution is 0.625. The Hall–Kier alpha value is -0.610. The maximum absolute atomic E-state index is 12.8. The Balaban J connectivity index is 2.35. The zero-order valence-electron chi connectivity index (χ0n) is 7.92. The topological polar surface area (TPSA) is 12.0 Å². The van der Waals surface area contributed by atoms with Crippen molar-refractivity contribution in [2.24, 2.45) is 0 Å². The number of nitrogens with one attached hydrogen (secondary N) is 1. The van der Waals surface area contributed by atoms with Crippen molar-refractivity contribution in [1.82, 2.24) is 5.32 Å². The SMILES string of the molecule is CSC(=S)NCCc1cccc(F)c1. The molecule has 1 aromatic rings. The predicted octanol–water partition coefficient (Wildman–Crippen LogP) is 2.61. The van der Waals surface area contributed by atoms with Gasteiger partial charge >= 0.3 is 0 Å². The second-order valence-corrected chi connectivity index (χ2v) is 4.28. The fraction of sp³-hybridized carbons (Fsp3) is 0.300. The van der Waals surface area contributed by atoms with E-state index in [0.29, 0.717) is 0 Å². The molecule has 0 aliphatic rings. The van der Waals surface area contributed by atoms with E-state index >= 15 is 0 Å². The quantitative estimate of drug-likeness (QED) is 0.800. The standard InChI is InChI=1S/C10H12FNS2/c1-14-10(13)12-6-5-8-3-2-4-9(11)7-8/h2-4,7H,5-6H2,1H3,(H,12,13). The Labute approximate surface area is 93.1 Å². The maximum Gasteiger partial charge on any atom is 0.133 e. The molecule has 0 fully saturated rings. The normalized spacial score (nSPS) is 9.86. The Morgan fingerprint density at radius 2 is 2.36 bits per heavy atom. The minimum Gasteiger partial charge on any atom is -0.371 e. The Bertz CT molecular complexity index is 315. The van der Waals surface area contributed by atoms with Gasteiger partial charge in [0.2, 0.25) is 0 Å². The molecule has 0 unspecified atom stereocenters. The third-order valence-electron chi connectivity index (χ3n) is 1.76. The molecule has 1 rings (SSSR count). The van der Waals surface area contributed by atoms with Gasteiger partial charge in [0.15, 0.2) is 0 Å². The van der Waals surface area contributed by atoms with Crippen LogP contribution in [0.4, 0.5) is 4.39 Å². The summed E-state index contributed by atoms with van der Waals surface area (Å²) in [5.74, 6) is -0.185. The van der Waals surface area contributed by atoms with E-state index in [9.17, 15) is 4.39 Å². The summed E-state index contributed by atoms with van der Waals surface area (Å²) < 4.78 is 13.5. The summed E-state index contributed by atoms with van der Waals surface area (Å²) in [5, 5.41) is 3.07. The van der Waals surface area contributed by atoms with Gasteiger partial charge in [-0.15, -0.1) is 11.8 Å². The smallest absolute Gasteiger partial charge is 0.133 e. The summed E-state index contributed by atoms with van der Waals surface area (Å²) >= 11 is 6.48. The minimum absolute atomic E-state index is 0.185. The maximum atomic E-state index is 12.8. The molecule has 0 aliphatic carbocycles. The lowest BCUT2D eigenvalue weighted by Crippen LogP contribution is -2.20. The summed E-state index contributed by atoms with van der Waals surface area (Å²) in [4.78, 5) is 0. The number of benzene rings is 1. The van der Waals surface area contributed by atoms with Gasteiger partial charge in [-0.1, -0.05) is 24.4 Å². The number of hydrogen-bond acceptors (Lipinski definition) is 2. The van der Waals surface area contributed by atoms with Crippen molar-refractivity contribution in [3.05, 3.63) is 35.6 Å². The lowest BCUT2D eigenvalue weighted by Gasteiger charge is -2.04. The highest BCUT2D eigenvalue weighted by Gasteiger charge is 1.96. The minimum atomic E-state index is -0.185. The highest BCUT2D eigenvalue weighted by molar-refractivity contribution is 8.22. The Kier molecular flexibility index (Phi) is 4.90. The summed E-state index contributed by atoms with van der Waals surface area (Å²) in [5.41, 5.74) is 0.987. The molecule has 1 nitrogen and oxygen atoms in total. The van der Waals surface area contributed by atoms with E-state index < -0.39 is 0 Å². The monoisotopic (exact) mass is 229 g/mol. The van der Waals surface area contributed by atoms with Gasteiger partial charge in [0.1, 0.15) is 10.1 Å². The van der Waals surface area contributed by atoms with Gasteiger partial charge in [-0.3, -0.25) is 0 Å². The van der Waals surface area contributed by atoms with Gasteiger partial charge in [0, 0.05) is 6.54 Å². The molecule has 0 saturated heterocycles. The van der Waals surface area contributed by atoms with E-state index in [1.807, 2.05) is 12.3 Å². The van der Waals surface area contributed by atoms with Gasteiger partial charge in [0.05, 0.1) is 0 Å². The zero-order valence-corrected chi connectivity index (χ0v) is 9.55. The molecule has 76 valence electrons. The number of rotatable bonds is 3. The molecule has 0 amide bonds. The molecule has 1 N–H and O–H groups in total. The average molecular weight is 229 g/mol. The van der Waals surface area contributed by atoms with E-state index in [1.165, 1.54) is 17.8 Å². The van der Waals surface area contributed by atoms with E-state index in [1.54, 1.807) is 12.1 Å². The number of halogens is 1. The second kappa shape index (κ2) is 5.98. The van der Waals surface area contributed by atoms with Crippen molar-refractivity contribution in [2.75, 3.05) is 12.8 Å². The summed E-state index contributed by atoms with van der Waals surface area (Å²) in [6, 6.07) is 6.62. The fourth-order valence-electron chi connectivity index (χ4n) is 1.07. The van der Waals surface area contributed by atoms with Gasteiger partial charge in [-0.05, 0) is 30.4 Å². The molecule has 0 aliphatic heterocycles. The van der Waals surface area contributed by atoms with Gasteiger partial charge in [-0.2, -0.15) is 0 Å². The van der Waals surface area contributed by atoms with Crippen molar-refractivity contribution >= 4 is 28.3 Å². The van der Waals surface area contributed by atoms with Gasteiger partial charge < -0.3 is 5.32 Å². The van der Waals surface area contributed by atoms with Gasteiger partial charge in [0.25, 0.3) is 0 Å². The molecule has 0 bridgehead atoms. The van der Waals surface area contributed by atoms with Crippen molar-refractivity contribution in [2.45, 2.75) is 6.42 Å². The van der Waals surface area contributed by atoms with E-state index in [-0.39, 0.29) is 5.82 Å². The van der Waals surface area contributed by atoms with E-state index in [4.69, 9.17) is 12.2 Å². The average Bonchev–Trinajstić information content (AvgIpc) is 2.17. The first kappa shape index (κ1) is 11.5. The van der Waals surface area contributed by atoms with Crippen LogP contribution in [0.15, 0.2) is 24.3 Å². The third kappa shape index (κ3) is 4.07. The predicted molar refractivity (Wildman–Crippen MR) is 64.2 cm³/mol. The van der Waals surface area contributed by atoms with E-state index in [2.05, 4.69) is 5.32 Å². The van der Waals surface area contributed by atoms with Crippen LogP contribution in [0.5, 0.6) is 0 Å². The van der Waals surface area contributed by atoms with Crippen molar-refractivity contribution < 1.29 is 4.39 Å². The van der Waals surface area contributed by atoms with E-state index in [0.717, 1.165) is 22.8 Å². The molecule has 4 heteroatoms. The Morgan fingerprint density at radius 1 is 1.57 bits per heavy atom. The number of thioether (sulfide) groups is 1. The molecule has 14 heavy (non-hydrogen) atoms. The molecular weight excluding hydrogens is 217 g/mol. The van der Waals surface area contributed by atoms with Crippen LogP contribution in [0.1, 0.15) is 5.56 Å². The first-order valence-corrected chi connectivity index (χ1v) is 5.92. The first-order valence-electron chi connectivity index (χ1n) is 4.28. The zero-order chi connectivity index (χ0) is 10.4. The third-order valence-corrected chi connectivity index (χ3v) is 2.92. The van der Waals surface area contributed by atoms with Crippen LogP contribution in [0.2, 0.25) is 0 Å². The summed E-state index contributed by atoms with van der Waals surface area (Å²) in [6.07, 6.45) is 2.72. The molecule has 1 aromatic carbocycles. The number of thiocarbonyl (C=S) groups is 1. The van der Waals surface area contributed by atoms with Crippen molar-refractivity contribution in [1.29, 1.82) is 0 Å². The second-order valence-electron chi connectivity index (χ2n) is 2.80. The van der Waals surface area contributed by atoms with Crippen LogP contribution >= 0.6 is 24.0 Å². The lowest BCUT2D eigenvalue weighted by atomic mass is 10.1. The van der Waals surface area contributed by atoms with Gasteiger partial charge in [-0.25, -0.2) is 4.39 Å². The molecule has 0 spiro atoms. The molecule has 0 heterocycles. The van der Waals surface area contributed by atoms with Crippen LogP contribution < -0.4 is 5.32 Å². The molecule has 0 radical (unpaired) electrons. The molecule has 0 saturated carbocycles. The summed E-state index contributed by atoms with van der Waals surface area (Å²) in [6.45, 7) is 0.753. The van der Waals surface area contributed by atoms with Crippen LogP contribution in [0.25, 0.3) is 0 Å². The molecule has 0 aromatic heterocycles.